The summed E-state index contributed by atoms with van der Waals surface area (Å²) in [5.74, 6) is -0.736. The molecule has 0 spiro atoms. The lowest BCUT2D eigenvalue weighted by Gasteiger charge is -2.06. The molecule has 0 aliphatic rings. The van der Waals surface area contributed by atoms with E-state index in [4.69, 9.17) is 5.11 Å². The highest BCUT2D eigenvalue weighted by atomic mass is 16.4. The highest BCUT2D eigenvalue weighted by molar-refractivity contribution is 5.66. The monoisotopic (exact) mass is 286 g/mol. The SMILES string of the molecule is CCCCCCCCCCCNCCNCCC(=O)O. The molecule has 3 N–H and O–H groups in total. The standard InChI is InChI=1S/C16H34N2O2/c1-2-3-4-5-6-7-8-9-10-12-17-14-15-18-13-11-16(19)20/h17-18H,2-15H2,1H3,(H,19,20). The van der Waals surface area contributed by atoms with Crippen molar-refractivity contribution < 1.29 is 9.90 Å². The maximum absolute atomic E-state index is 10.3. The Labute approximate surface area is 124 Å². The largest absolute Gasteiger partial charge is 0.481 e. The summed E-state index contributed by atoms with van der Waals surface area (Å²) < 4.78 is 0. The lowest BCUT2D eigenvalue weighted by atomic mass is 10.1. The fourth-order valence-corrected chi connectivity index (χ4v) is 2.18. The number of unbranched alkanes of at least 4 members (excludes halogenated alkanes) is 8. The zero-order valence-electron chi connectivity index (χ0n) is 13.3. The Hall–Kier alpha value is -0.610. The molecule has 0 aliphatic carbocycles. The molecule has 120 valence electrons. The van der Waals surface area contributed by atoms with E-state index in [1.807, 2.05) is 0 Å². The van der Waals surface area contributed by atoms with E-state index in [9.17, 15) is 4.79 Å². The van der Waals surface area contributed by atoms with Crippen LogP contribution in [0.15, 0.2) is 0 Å². The Kier molecular flexibility index (Phi) is 15.9. The number of aliphatic carboxylic acids is 1. The van der Waals surface area contributed by atoms with Gasteiger partial charge in [0.15, 0.2) is 0 Å². The molecule has 0 aromatic rings. The van der Waals surface area contributed by atoms with Crippen molar-refractivity contribution in [2.24, 2.45) is 0 Å². The topological polar surface area (TPSA) is 61.4 Å². The Bertz CT molecular complexity index is 211. The van der Waals surface area contributed by atoms with E-state index in [1.165, 1.54) is 57.8 Å². The Morgan fingerprint density at radius 2 is 1.25 bits per heavy atom. The van der Waals surface area contributed by atoms with Crippen molar-refractivity contribution >= 4 is 5.97 Å². The number of rotatable bonds is 16. The molecule has 0 aromatic heterocycles. The second kappa shape index (κ2) is 16.4. The average molecular weight is 286 g/mol. The van der Waals surface area contributed by atoms with E-state index in [0.717, 1.165) is 19.6 Å². The predicted octanol–water partition coefficient (Wildman–Crippen LogP) is 3.17. The van der Waals surface area contributed by atoms with Gasteiger partial charge in [0.1, 0.15) is 0 Å². The van der Waals surface area contributed by atoms with Crippen molar-refractivity contribution in [1.82, 2.24) is 10.6 Å². The highest BCUT2D eigenvalue weighted by Crippen LogP contribution is 2.08. The molecule has 0 saturated carbocycles. The minimum atomic E-state index is -0.736. The van der Waals surface area contributed by atoms with Crippen LogP contribution in [0.5, 0.6) is 0 Å². The summed E-state index contributed by atoms with van der Waals surface area (Å²) in [5.41, 5.74) is 0. The van der Waals surface area contributed by atoms with Crippen molar-refractivity contribution in [2.45, 2.75) is 71.1 Å². The van der Waals surface area contributed by atoms with E-state index >= 15 is 0 Å². The number of carboxylic acids is 1. The number of carboxylic acid groups (broad SMARTS) is 1. The molecule has 0 rings (SSSR count). The molecule has 0 aromatic carbocycles. The summed E-state index contributed by atoms with van der Waals surface area (Å²) in [7, 11) is 0. The van der Waals surface area contributed by atoms with Gasteiger partial charge in [-0.15, -0.1) is 0 Å². The van der Waals surface area contributed by atoms with Gasteiger partial charge >= 0.3 is 5.97 Å². The molecule has 0 saturated heterocycles. The van der Waals surface area contributed by atoms with Crippen LogP contribution in [0.1, 0.15) is 71.1 Å². The van der Waals surface area contributed by atoms with Gasteiger partial charge in [0.2, 0.25) is 0 Å². The van der Waals surface area contributed by atoms with Crippen molar-refractivity contribution in [3.8, 4) is 0 Å². The number of nitrogens with one attached hydrogen (secondary N) is 2. The first-order valence-corrected chi connectivity index (χ1v) is 8.40. The zero-order valence-corrected chi connectivity index (χ0v) is 13.3. The molecule has 20 heavy (non-hydrogen) atoms. The minimum absolute atomic E-state index is 0.207. The van der Waals surface area contributed by atoms with Gasteiger partial charge in [0.05, 0.1) is 6.42 Å². The maximum atomic E-state index is 10.3. The molecule has 0 unspecified atom stereocenters. The lowest BCUT2D eigenvalue weighted by molar-refractivity contribution is -0.136. The molecule has 0 radical (unpaired) electrons. The van der Waals surface area contributed by atoms with Gasteiger partial charge in [-0.25, -0.2) is 0 Å². The molecule has 0 heterocycles. The molecule has 0 fully saturated rings. The van der Waals surface area contributed by atoms with Crippen LogP contribution in [0.25, 0.3) is 0 Å². The molecule has 0 aliphatic heterocycles. The van der Waals surface area contributed by atoms with Crippen LogP contribution >= 0.6 is 0 Å². The first-order valence-electron chi connectivity index (χ1n) is 8.40. The quantitative estimate of drug-likeness (QED) is 0.381. The van der Waals surface area contributed by atoms with Gasteiger partial charge in [-0.2, -0.15) is 0 Å². The predicted molar refractivity (Wildman–Crippen MR) is 85.2 cm³/mol. The number of hydrogen-bond donors (Lipinski definition) is 3. The second-order valence-electron chi connectivity index (χ2n) is 5.47. The van der Waals surface area contributed by atoms with Crippen molar-refractivity contribution in [1.29, 1.82) is 0 Å². The van der Waals surface area contributed by atoms with Gasteiger partial charge in [-0.3, -0.25) is 4.79 Å². The average Bonchev–Trinajstić information content (AvgIpc) is 2.43. The summed E-state index contributed by atoms with van der Waals surface area (Å²) in [5, 5.41) is 15.0. The van der Waals surface area contributed by atoms with E-state index in [2.05, 4.69) is 17.6 Å². The van der Waals surface area contributed by atoms with Crippen LogP contribution in [-0.4, -0.2) is 37.3 Å². The molecule has 0 bridgehead atoms. The molecular weight excluding hydrogens is 252 g/mol. The van der Waals surface area contributed by atoms with Crippen LogP contribution in [0.4, 0.5) is 0 Å². The van der Waals surface area contributed by atoms with Gasteiger partial charge in [0.25, 0.3) is 0 Å². The van der Waals surface area contributed by atoms with E-state index in [1.54, 1.807) is 0 Å². The normalized spacial score (nSPS) is 10.8. The van der Waals surface area contributed by atoms with Gasteiger partial charge in [0, 0.05) is 19.6 Å². The fraction of sp³-hybridized carbons (Fsp3) is 0.938. The zero-order chi connectivity index (χ0) is 14.9. The minimum Gasteiger partial charge on any atom is -0.481 e. The lowest BCUT2D eigenvalue weighted by Crippen LogP contribution is -2.29. The highest BCUT2D eigenvalue weighted by Gasteiger charge is 1.95. The van der Waals surface area contributed by atoms with Gasteiger partial charge in [-0.05, 0) is 13.0 Å². The Morgan fingerprint density at radius 3 is 1.80 bits per heavy atom. The van der Waals surface area contributed by atoms with Crippen LogP contribution in [0.3, 0.4) is 0 Å². The van der Waals surface area contributed by atoms with Gasteiger partial charge < -0.3 is 15.7 Å². The van der Waals surface area contributed by atoms with Crippen molar-refractivity contribution in [3.05, 3.63) is 0 Å². The smallest absolute Gasteiger partial charge is 0.304 e. The summed E-state index contributed by atoms with van der Waals surface area (Å²) in [4.78, 5) is 10.3. The number of carbonyl (C=O) groups is 1. The summed E-state index contributed by atoms with van der Waals surface area (Å²) in [6.45, 7) is 5.68. The molecular formula is C16H34N2O2. The third-order valence-electron chi connectivity index (χ3n) is 3.45. The van der Waals surface area contributed by atoms with Gasteiger partial charge in [-0.1, -0.05) is 58.3 Å². The van der Waals surface area contributed by atoms with Crippen molar-refractivity contribution in [3.63, 3.8) is 0 Å². The molecule has 0 amide bonds. The Morgan fingerprint density at radius 1 is 0.750 bits per heavy atom. The van der Waals surface area contributed by atoms with Crippen LogP contribution in [-0.2, 0) is 4.79 Å². The fourth-order valence-electron chi connectivity index (χ4n) is 2.18. The summed E-state index contributed by atoms with van der Waals surface area (Å²) in [6, 6.07) is 0. The van der Waals surface area contributed by atoms with Crippen LogP contribution < -0.4 is 10.6 Å². The molecule has 4 nitrogen and oxygen atoms in total. The van der Waals surface area contributed by atoms with Crippen LogP contribution in [0.2, 0.25) is 0 Å². The molecule has 4 heteroatoms. The third-order valence-corrected chi connectivity index (χ3v) is 3.45. The second-order valence-corrected chi connectivity index (χ2v) is 5.47. The third kappa shape index (κ3) is 17.4. The Balaban J connectivity index is 2.94. The number of hydrogen-bond acceptors (Lipinski definition) is 3. The van der Waals surface area contributed by atoms with E-state index < -0.39 is 5.97 Å². The van der Waals surface area contributed by atoms with E-state index in [-0.39, 0.29) is 6.42 Å². The van der Waals surface area contributed by atoms with E-state index in [0.29, 0.717) is 6.54 Å². The summed E-state index contributed by atoms with van der Waals surface area (Å²) >= 11 is 0. The van der Waals surface area contributed by atoms with Crippen molar-refractivity contribution in [2.75, 3.05) is 26.2 Å². The molecule has 0 atom stereocenters. The summed E-state index contributed by atoms with van der Waals surface area (Å²) in [6.07, 6.45) is 12.5. The maximum Gasteiger partial charge on any atom is 0.304 e. The van der Waals surface area contributed by atoms with Crippen LogP contribution in [0, 0.1) is 0 Å². The first kappa shape index (κ1) is 19.4. The first-order chi connectivity index (χ1) is 9.77.